The second kappa shape index (κ2) is 5.06. The maximum absolute atomic E-state index is 5.74. The van der Waals surface area contributed by atoms with Gasteiger partial charge >= 0.3 is 0 Å². The third kappa shape index (κ3) is 3.22. The number of benzene rings is 1. The van der Waals surface area contributed by atoms with E-state index in [-0.39, 0.29) is 0 Å². The third-order valence-corrected chi connectivity index (χ3v) is 1.93. The van der Waals surface area contributed by atoms with Crippen molar-refractivity contribution in [2.24, 2.45) is 0 Å². The molecule has 0 unspecified atom stereocenters. The summed E-state index contributed by atoms with van der Waals surface area (Å²) in [6.45, 7) is 0. The Hall–Kier alpha value is -0.780. The average Bonchev–Trinajstić information content (AvgIpc) is 2.09. The summed E-state index contributed by atoms with van der Waals surface area (Å²) < 4.78 is 0. The van der Waals surface area contributed by atoms with Crippen molar-refractivity contribution in [2.75, 3.05) is 11.5 Å². The van der Waals surface area contributed by atoms with Crippen molar-refractivity contribution < 1.29 is 0 Å². The highest BCUT2D eigenvalue weighted by atomic mass is 35.5. The Kier molecular flexibility index (Phi) is 4.01. The standard InChI is InChI=1S/C10H10ClNS/c11-9-5-4-8(10(12)7-9)3-1-2-6-13/h4-5,7,13H,2,6,12H2. The lowest BCUT2D eigenvalue weighted by Gasteiger charge is -1.97. The van der Waals surface area contributed by atoms with Crippen molar-refractivity contribution in [1.82, 2.24) is 0 Å². The minimum Gasteiger partial charge on any atom is -0.398 e. The summed E-state index contributed by atoms with van der Waals surface area (Å²) in [4.78, 5) is 0. The lowest BCUT2D eigenvalue weighted by molar-refractivity contribution is 1.31. The van der Waals surface area contributed by atoms with Gasteiger partial charge in [0.25, 0.3) is 0 Å². The molecule has 0 heterocycles. The number of halogens is 1. The Morgan fingerprint density at radius 3 is 2.85 bits per heavy atom. The SMILES string of the molecule is Nc1cc(Cl)ccc1C#CCCS. The fraction of sp³-hybridized carbons (Fsp3) is 0.200. The molecule has 0 bridgehead atoms. The fourth-order valence-electron chi connectivity index (χ4n) is 0.861. The summed E-state index contributed by atoms with van der Waals surface area (Å²) in [5.74, 6) is 6.69. The predicted octanol–water partition coefficient (Wildman–Crippen LogP) is 2.59. The second-order valence-electron chi connectivity index (χ2n) is 2.51. The first-order valence-corrected chi connectivity index (χ1v) is 4.90. The highest BCUT2D eigenvalue weighted by molar-refractivity contribution is 7.80. The number of nitrogen functional groups attached to an aromatic ring is 1. The Morgan fingerprint density at radius 2 is 2.23 bits per heavy atom. The van der Waals surface area contributed by atoms with Crippen LogP contribution in [-0.4, -0.2) is 5.75 Å². The first kappa shape index (κ1) is 10.3. The van der Waals surface area contributed by atoms with Crippen LogP contribution in [0.5, 0.6) is 0 Å². The Labute approximate surface area is 88.7 Å². The quantitative estimate of drug-likeness (QED) is 0.417. The lowest BCUT2D eigenvalue weighted by atomic mass is 10.2. The summed E-state index contributed by atoms with van der Waals surface area (Å²) in [5.41, 5.74) is 7.15. The topological polar surface area (TPSA) is 26.0 Å². The molecule has 0 atom stereocenters. The summed E-state index contributed by atoms with van der Waals surface area (Å²) in [6.07, 6.45) is 0.769. The first-order valence-electron chi connectivity index (χ1n) is 3.89. The van der Waals surface area contributed by atoms with Gasteiger partial charge in [-0.25, -0.2) is 0 Å². The maximum atomic E-state index is 5.74. The van der Waals surface area contributed by atoms with E-state index < -0.39 is 0 Å². The van der Waals surface area contributed by atoms with E-state index in [1.165, 1.54) is 0 Å². The molecule has 0 amide bonds. The number of rotatable bonds is 1. The zero-order valence-corrected chi connectivity index (χ0v) is 8.70. The van der Waals surface area contributed by atoms with Gasteiger partial charge in [0.05, 0.1) is 0 Å². The number of nitrogens with two attached hydrogens (primary N) is 1. The zero-order chi connectivity index (χ0) is 9.68. The molecule has 2 N–H and O–H groups in total. The van der Waals surface area contributed by atoms with E-state index in [4.69, 9.17) is 17.3 Å². The molecule has 1 nitrogen and oxygen atoms in total. The van der Waals surface area contributed by atoms with Crippen molar-refractivity contribution in [2.45, 2.75) is 6.42 Å². The van der Waals surface area contributed by atoms with Crippen molar-refractivity contribution in [1.29, 1.82) is 0 Å². The lowest BCUT2D eigenvalue weighted by Crippen LogP contribution is -1.89. The van der Waals surface area contributed by atoms with E-state index in [1.54, 1.807) is 12.1 Å². The normalized spacial score (nSPS) is 9.08. The fourth-order valence-corrected chi connectivity index (χ4v) is 1.15. The molecule has 0 spiro atoms. The van der Waals surface area contributed by atoms with Crippen LogP contribution in [0.15, 0.2) is 18.2 Å². The minimum atomic E-state index is 0.624. The molecule has 0 radical (unpaired) electrons. The molecule has 0 fully saturated rings. The molecule has 68 valence electrons. The Bertz CT molecular complexity index is 352. The van der Waals surface area contributed by atoms with Crippen molar-refractivity contribution >= 4 is 29.9 Å². The number of hydrogen-bond donors (Lipinski definition) is 2. The van der Waals surface area contributed by atoms with Crippen molar-refractivity contribution in [3.05, 3.63) is 28.8 Å². The van der Waals surface area contributed by atoms with Crippen LogP contribution < -0.4 is 5.73 Å². The van der Waals surface area contributed by atoms with E-state index in [9.17, 15) is 0 Å². The van der Waals surface area contributed by atoms with E-state index in [1.807, 2.05) is 6.07 Å². The zero-order valence-electron chi connectivity index (χ0n) is 7.05. The van der Waals surface area contributed by atoms with Gasteiger partial charge in [-0.15, -0.1) is 0 Å². The molecule has 3 heteroatoms. The van der Waals surface area contributed by atoms with E-state index in [2.05, 4.69) is 24.5 Å². The minimum absolute atomic E-state index is 0.624. The summed E-state index contributed by atoms with van der Waals surface area (Å²) in [7, 11) is 0. The van der Waals surface area contributed by atoms with Crippen LogP contribution in [0, 0.1) is 11.8 Å². The average molecular weight is 212 g/mol. The highest BCUT2D eigenvalue weighted by Gasteiger charge is 1.94. The van der Waals surface area contributed by atoms with E-state index in [0.29, 0.717) is 10.7 Å². The van der Waals surface area contributed by atoms with Crippen LogP contribution in [0.25, 0.3) is 0 Å². The molecule has 1 aromatic rings. The van der Waals surface area contributed by atoms with Crippen LogP contribution in [0.4, 0.5) is 5.69 Å². The molecule has 0 saturated carbocycles. The van der Waals surface area contributed by atoms with Crippen LogP contribution in [0.3, 0.4) is 0 Å². The van der Waals surface area contributed by atoms with Gasteiger partial charge in [0.15, 0.2) is 0 Å². The smallest absolute Gasteiger partial charge is 0.0488 e. The molecule has 0 aliphatic carbocycles. The number of anilines is 1. The van der Waals surface area contributed by atoms with Crippen LogP contribution in [0.2, 0.25) is 5.02 Å². The van der Waals surface area contributed by atoms with Crippen LogP contribution >= 0.6 is 24.2 Å². The highest BCUT2D eigenvalue weighted by Crippen LogP contribution is 2.16. The molecule has 1 aromatic carbocycles. The Balaban J connectivity index is 2.85. The van der Waals surface area contributed by atoms with Gasteiger partial charge in [0.2, 0.25) is 0 Å². The van der Waals surface area contributed by atoms with Gasteiger partial charge < -0.3 is 5.73 Å². The third-order valence-electron chi connectivity index (χ3n) is 1.47. The van der Waals surface area contributed by atoms with Gasteiger partial charge in [0.1, 0.15) is 0 Å². The molecular weight excluding hydrogens is 202 g/mol. The maximum Gasteiger partial charge on any atom is 0.0488 e. The summed E-state index contributed by atoms with van der Waals surface area (Å²) in [5, 5.41) is 0.636. The number of hydrogen-bond acceptors (Lipinski definition) is 2. The number of thiol groups is 1. The molecule has 0 aliphatic rings. The Morgan fingerprint density at radius 1 is 1.46 bits per heavy atom. The van der Waals surface area contributed by atoms with Gasteiger partial charge in [-0.3, -0.25) is 0 Å². The molecular formula is C10H10ClNS. The molecule has 0 aliphatic heterocycles. The van der Waals surface area contributed by atoms with E-state index >= 15 is 0 Å². The summed E-state index contributed by atoms with van der Waals surface area (Å²) in [6, 6.07) is 5.30. The largest absolute Gasteiger partial charge is 0.398 e. The molecule has 1 rings (SSSR count). The second-order valence-corrected chi connectivity index (χ2v) is 3.39. The van der Waals surface area contributed by atoms with E-state index in [0.717, 1.165) is 17.7 Å². The summed E-state index contributed by atoms with van der Waals surface area (Å²) >= 11 is 9.79. The van der Waals surface area contributed by atoms with Gasteiger partial charge in [-0.05, 0) is 18.2 Å². The molecule has 0 saturated heterocycles. The van der Waals surface area contributed by atoms with Gasteiger partial charge in [-0.1, -0.05) is 23.4 Å². The van der Waals surface area contributed by atoms with Crippen molar-refractivity contribution in [3.63, 3.8) is 0 Å². The van der Waals surface area contributed by atoms with Gasteiger partial charge in [-0.2, -0.15) is 12.6 Å². The molecule has 0 aromatic heterocycles. The first-order chi connectivity index (χ1) is 6.24. The molecule has 13 heavy (non-hydrogen) atoms. The predicted molar refractivity (Wildman–Crippen MR) is 61.2 cm³/mol. The van der Waals surface area contributed by atoms with Crippen LogP contribution in [0.1, 0.15) is 12.0 Å². The van der Waals surface area contributed by atoms with Crippen molar-refractivity contribution in [3.8, 4) is 11.8 Å². The monoisotopic (exact) mass is 211 g/mol. The van der Waals surface area contributed by atoms with Crippen LogP contribution in [-0.2, 0) is 0 Å². The van der Waals surface area contributed by atoms with Gasteiger partial charge in [0, 0.05) is 28.4 Å².